The van der Waals surface area contributed by atoms with Crippen molar-refractivity contribution in [3.63, 3.8) is 0 Å². The molecule has 44 heavy (non-hydrogen) atoms. The van der Waals surface area contributed by atoms with E-state index in [0.717, 1.165) is 24.5 Å². The van der Waals surface area contributed by atoms with Gasteiger partial charge in [-0.15, -0.1) is 0 Å². The summed E-state index contributed by atoms with van der Waals surface area (Å²) in [6.45, 7) is 5.83. The fourth-order valence-corrected chi connectivity index (χ4v) is 5.93. The van der Waals surface area contributed by atoms with Crippen molar-refractivity contribution in [3.8, 4) is 5.75 Å². The van der Waals surface area contributed by atoms with Gasteiger partial charge in [0.15, 0.2) is 0 Å². The predicted octanol–water partition coefficient (Wildman–Crippen LogP) is 3.32. The van der Waals surface area contributed by atoms with Crippen LogP contribution >= 0.6 is 0 Å². The second-order valence-corrected chi connectivity index (χ2v) is 11.7. The third-order valence-electron chi connectivity index (χ3n) is 8.12. The highest BCUT2D eigenvalue weighted by Gasteiger charge is 2.52. The standard InChI is InChI=1S/C33H46F2N4O5/c1-4-9-39(10-5-2)33(43)18-28-26(16-31(36)41)27(28)17-32(42)38-29(14-22-11-23(34)15-24(35)12-22)30(40)20-37-19-21-7-6-8-25(13-21)44-3/h6-8,11-13,15,26-30,37,40H,4-5,9-10,14,16-20H2,1-3H3,(H2,36,41)(H,38,42)/t26-,27+,28-,29+,30-/m1/s1. The molecule has 1 saturated carbocycles. The van der Waals surface area contributed by atoms with Gasteiger partial charge in [-0.2, -0.15) is 0 Å². The quantitative estimate of drug-likeness (QED) is 0.191. The Hall–Kier alpha value is -3.57. The number of aliphatic hydroxyl groups excluding tert-OH is 1. The van der Waals surface area contributed by atoms with Gasteiger partial charge in [0.05, 0.1) is 19.3 Å². The van der Waals surface area contributed by atoms with Crippen LogP contribution in [0.4, 0.5) is 8.78 Å². The Bertz CT molecular complexity index is 1240. The molecule has 0 aliphatic heterocycles. The third kappa shape index (κ3) is 10.9. The number of carbonyl (C=O) groups excluding carboxylic acids is 3. The molecule has 3 amide bonds. The minimum Gasteiger partial charge on any atom is -0.497 e. The maximum atomic E-state index is 13.9. The van der Waals surface area contributed by atoms with Gasteiger partial charge >= 0.3 is 0 Å². The van der Waals surface area contributed by atoms with Gasteiger partial charge in [-0.1, -0.05) is 26.0 Å². The van der Waals surface area contributed by atoms with Crippen molar-refractivity contribution in [2.45, 2.75) is 71.1 Å². The highest BCUT2D eigenvalue weighted by atomic mass is 19.1. The molecular weight excluding hydrogens is 570 g/mol. The molecule has 1 fully saturated rings. The van der Waals surface area contributed by atoms with E-state index >= 15 is 0 Å². The van der Waals surface area contributed by atoms with Crippen molar-refractivity contribution in [2.75, 3.05) is 26.7 Å². The summed E-state index contributed by atoms with van der Waals surface area (Å²) < 4.78 is 33.1. The van der Waals surface area contributed by atoms with Crippen LogP contribution < -0.4 is 21.1 Å². The van der Waals surface area contributed by atoms with Crippen LogP contribution in [-0.4, -0.2) is 66.6 Å². The largest absolute Gasteiger partial charge is 0.497 e. The first-order valence-electron chi connectivity index (χ1n) is 15.4. The minimum absolute atomic E-state index is 0.000353. The zero-order valence-corrected chi connectivity index (χ0v) is 25.9. The molecule has 0 saturated heterocycles. The average molecular weight is 617 g/mol. The minimum atomic E-state index is -1.09. The zero-order chi connectivity index (χ0) is 32.2. The van der Waals surface area contributed by atoms with Gasteiger partial charge in [-0.3, -0.25) is 14.4 Å². The molecule has 242 valence electrons. The lowest BCUT2D eigenvalue weighted by molar-refractivity contribution is -0.132. The third-order valence-corrected chi connectivity index (χ3v) is 8.12. The van der Waals surface area contributed by atoms with Gasteiger partial charge in [0, 0.05) is 51.5 Å². The van der Waals surface area contributed by atoms with Crippen molar-refractivity contribution in [2.24, 2.45) is 23.5 Å². The number of nitrogens with zero attached hydrogens (tertiary/aromatic N) is 1. The summed E-state index contributed by atoms with van der Waals surface area (Å²) in [5.41, 5.74) is 6.68. The van der Waals surface area contributed by atoms with Crippen molar-refractivity contribution < 1.29 is 33.0 Å². The Morgan fingerprint density at radius 1 is 0.955 bits per heavy atom. The number of rotatable bonds is 19. The maximum Gasteiger partial charge on any atom is 0.222 e. The maximum absolute atomic E-state index is 13.9. The number of benzene rings is 2. The molecule has 1 aliphatic carbocycles. The normalized spacial score (nSPS) is 18.7. The fourth-order valence-electron chi connectivity index (χ4n) is 5.93. The Morgan fingerprint density at radius 2 is 1.59 bits per heavy atom. The fraction of sp³-hybridized carbons (Fsp3) is 0.545. The summed E-state index contributed by atoms with van der Waals surface area (Å²) in [6, 6.07) is 9.67. The molecule has 0 bridgehead atoms. The number of aliphatic hydroxyl groups is 1. The molecule has 0 unspecified atom stereocenters. The zero-order valence-electron chi connectivity index (χ0n) is 25.9. The molecule has 9 nitrogen and oxygen atoms in total. The number of nitrogens with one attached hydrogen (secondary N) is 2. The van der Waals surface area contributed by atoms with Crippen molar-refractivity contribution in [1.82, 2.24) is 15.5 Å². The number of primary amides is 1. The second kappa shape index (κ2) is 17.1. The Kier molecular flexibility index (Phi) is 13.5. The summed E-state index contributed by atoms with van der Waals surface area (Å²) in [6.07, 6.45) is 0.919. The van der Waals surface area contributed by atoms with Gasteiger partial charge in [0.25, 0.3) is 0 Å². The Labute approximate surface area is 258 Å². The number of ether oxygens (including phenoxy) is 1. The summed E-state index contributed by atoms with van der Waals surface area (Å²) in [5.74, 6) is -2.23. The molecule has 2 aromatic carbocycles. The van der Waals surface area contributed by atoms with E-state index in [1.807, 2.05) is 43.0 Å². The SMILES string of the molecule is CCCN(CCC)C(=O)C[C@@H]1[C@H](CC(N)=O)[C@@H]1CC(=O)N[C@@H](Cc1cc(F)cc(F)c1)[C@H](O)CNCc1cccc(OC)c1. The van der Waals surface area contributed by atoms with Crippen molar-refractivity contribution >= 4 is 17.7 Å². The topological polar surface area (TPSA) is 134 Å². The van der Waals surface area contributed by atoms with E-state index in [1.54, 1.807) is 7.11 Å². The summed E-state index contributed by atoms with van der Waals surface area (Å²) in [4.78, 5) is 39.8. The number of halogens is 2. The van der Waals surface area contributed by atoms with Crippen LogP contribution in [0, 0.1) is 29.4 Å². The Morgan fingerprint density at radius 3 is 2.20 bits per heavy atom. The molecule has 0 aromatic heterocycles. The summed E-state index contributed by atoms with van der Waals surface area (Å²) >= 11 is 0. The number of hydrogen-bond acceptors (Lipinski definition) is 6. The highest BCUT2D eigenvalue weighted by Crippen LogP contribution is 2.53. The predicted molar refractivity (Wildman–Crippen MR) is 163 cm³/mol. The highest BCUT2D eigenvalue weighted by molar-refractivity contribution is 5.80. The van der Waals surface area contributed by atoms with Gasteiger partial charge < -0.3 is 31.1 Å². The van der Waals surface area contributed by atoms with E-state index in [1.165, 1.54) is 12.1 Å². The smallest absolute Gasteiger partial charge is 0.222 e. The van der Waals surface area contributed by atoms with Crippen LogP contribution in [0.2, 0.25) is 0 Å². The van der Waals surface area contributed by atoms with Crippen LogP contribution in [0.5, 0.6) is 5.75 Å². The van der Waals surface area contributed by atoms with Gasteiger partial charge in [-0.05, 0) is 72.4 Å². The van der Waals surface area contributed by atoms with E-state index in [9.17, 15) is 28.3 Å². The number of amides is 3. The lowest BCUT2D eigenvalue weighted by atomic mass is 10.00. The van der Waals surface area contributed by atoms with Crippen LogP contribution in [-0.2, 0) is 27.3 Å². The van der Waals surface area contributed by atoms with Crippen LogP contribution in [0.3, 0.4) is 0 Å². The van der Waals surface area contributed by atoms with E-state index in [4.69, 9.17) is 10.5 Å². The molecule has 0 heterocycles. The van der Waals surface area contributed by atoms with Crippen molar-refractivity contribution in [1.29, 1.82) is 0 Å². The lowest BCUT2D eigenvalue weighted by Crippen LogP contribution is -2.48. The van der Waals surface area contributed by atoms with E-state index in [2.05, 4.69) is 10.6 Å². The number of methoxy groups -OCH3 is 1. The second-order valence-electron chi connectivity index (χ2n) is 11.7. The Balaban J connectivity index is 1.67. The van der Waals surface area contributed by atoms with Gasteiger partial charge in [0.1, 0.15) is 17.4 Å². The van der Waals surface area contributed by atoms with E-state index < -0.39 is 29.7 Å². The number of nitrogens with two attached hydrogens (primary N) is 1. The van der Waals surface area contributed by atoms with Crippen molar-refractivity contribution in [3.05, 3.63) is 65.2 Å². The first-order valence-corrected chi connectivity index (χ1v) is 15.4. The lowest BCUT2D eigenvalue weighted by Gasteiger charge is -2.25. The molecule has 0 spiro atoms. The molecule has 2 aromatic rings. The van der Waals surface area contributed by atoms with E-state index in [-0.39, 0.29) is 67.4 Å². The van der Waals surface area contributed by atoms with Crippen LogP contribution in [0.25, 0.3) is 0 Å². The number of carbonyl (C=O) groups is 3. The van der Waals surface area contributed by atoms with Gasteiger partial charge in [-0.25, -0.2) is 8.78 Å². The first kappa shape index (κ1) is 34.9. The molecule has 5 atom stereocenters. The van der Waals surface area contributed by atoms with E-state index in [0.29, 0.717) is 25.4 Å². The first-order chi connectivity index (χ1) is 21.0. The number of hydrogen-bond donors (Lipinski definition) is 4. The molecule has 5 N–H and O–H groups in total. The van der Waals surface area contributed by atoms with Crippen LogP contribution in [0.15, 0.2) is 42.5 Å². The molecule has 1 aliphatic rings. The molecule has 3 rings (SSSR count). The summed E-state index contributed by atoms with van der Waals surface area (Å²) in [5, 5.41) is 17.1. The van der Waals surface area contributed by atoms with Crippen LogP contribution in [0.1, 0.15) is 57.1 Å². The molecule has 11 heteroatoms. The monoisotopic (exact) mass is 616 g/mol. The summed E-state index contributed by atoms with van der Waals surface area (Å²) in [7, 11) is 1.57. The average Bonchev–Trinajstić information content (AvgIpc) is 3.59. The van der Waals surface area contributed by atoms with Gasteiger partial charge in [0.2, 0.25) is 17.7 Å². The molecular formula is C33H46F2N4O5. The molecule has 0 radical (unpaired) electrons.